The zero-order chi connectivity index (χ0) is 32.6. The number of aromatic nitrogens is 2. The Hall–Kier alpha value is -6.16. The van der Waals surface area contributed by atoms with Gasteiger partial charge < -0.3 is 0 Å². The fraction of sp³-hybridized carbons (Fsp3) is 0. The predicted octanol–water partition coefficient (Wildman–Crippen LogP) is 12.8. The van der Waals surface area contributed by atoms with E-state index in [1.807, 2.05) is 23.5 Å². The largest absolute Gasteiger partial charge is 0.228 e. The maximum atomic E-state index is 5.12. The van der Waals surface area contributed by atoms with Gasteiger partial charge >= 0.3 is 0 Å². The molecule has 49 heavy (non-hydrogen) atoms. The molecule has 230 valence electrons. The maximum absolute atomic E-state index is 5.12. The van der Waals surface area contributed by atoms with Crippen LogP contribution in [0.25, 0.3) is 87.5 Å². The first-order valence-electron chi connectivity index (χ1n) is 16.5. The molecule has 0 aliphatic heterocycles. The van der Waals surface area contributed by atoms with Crippen LogP contribution in [0.2, 0.25) is 0 Å². The third kappa shape index (κ3) is 5.50. The summed E-state index contributed by atoms with van der Waals surface area (Å²) in [6.45, 7) is 0. The van der Waals surface area contributed by atoms with E-state index in [9.17, 15) is 0 Å². The number of hydrogen-bond acceptors (Lipinski definition) is 3. The van der Waals surface area contributed by atoms with Crippen molar-refractivity contribution in [2.45, 2.75) is 0 Å². The van der Waals surface area contributed by atoms with Gasteiger partial charge in [0.2, 0.25) is 0 Å². The highest BCUT2D eigenvalue weighted by molar-refractivity contribution is 7.25. The van der Waals surface area contributed by atoms with Gasteiger partial charge in [-0.2, -0.15) is 0 Å². The molecule has 7 aromatic carbocycles. The van der Waals surface area contributed by atoms with Gasteiger partial charge in [0.05, 0.1) is 11.4 Å². The SMILES string of the molecule is c1ccc(-c2cc(-c3ccccc3)nc(-c3cccc(-c4cccc(-c5ccc6sc7ccccc7c6c5)c4-c4ccccc4)c3)n2)cc1. The van der Waals surface area contributed by atoms with E-state index in [-0.39, 0.29) is 0 Å². The Morgan fingerprint density at radius 3 is 1.51 bits per heavy atom. The van der Waals surface area contributed by atoms with Crippen molar-refractivity contribution in [3.8, 4) is 67.3 Å². The molecule has 9 aromatic rings. The van der Waals surface area contributed by atoms with E-state index in [4.69, 9.17) is 9.97 Å². The van der Waals surface area contributed by atoms with Crippen LogP contribution in [0.3, 0.4) is 0 Å². The highest BCUT2D eigenvalue weighted by atomic mass is 32.1. The molecule has 0 fully saturated rings. The molecule has 0 saturated heterocycles. The molecule has 0 bridgehead atoms. The molecule has 0 radical (unpaired) electrons. The first-order valence-corrected chi connectivity index (χ1v) is 17.3. The van der Waals surface area contributed by atoms with Crippen LogP contribution >= 0.6 is 11.3 Å². The van der Waals surface area contributed by atoms with Crippen molar-refractivity contribution in [3.05, 3.63) is 182 Å². The minimum Gasteiger partial charge on any atom is -0.228 e. The Morgan fingerprint density at radius 2 is 0.837 bits per heavy atom. The number of fused-ring (bicyclic) bond motifs is 3. The van der Waals surface area contributed by atoms with E-state index in [0.717, 1.165) is 33.6 Å². The molecule has 0 N–H and O–H groups in total. The highest BCUT2D eigenvalue weighted by Gasteiger charge is 2.17. The first-order chi connectivity index (χ1) is 24.3. The van der Waals surface area contributed by atoms with Crippen molar-refractivity contribution in [1.29, 1.82) is 0 Å². The van der Waals surface area contributed by atoms with Crippen molar-refractivity contribution in [2.75, 3.05) is 0 Å². The van der Waals surface area contributed by atoms with Crippen molar-refractivity contribution < 1.29 is 0 Å². The lowest BCUT2D eigenvalue weighted by Gasteiger charge is -2.17. The minimum absolute atomic E-state index is 0.703. The van der Waals surface area contributed by atoms with Gasteiger partial charge in [-0.15, -0.1) is 11.3 Å². The van der Waals surface area contributed by atoms with Gasteiger partial charge in [0.15, 0.2) is 5.82 Å². The van der Waals surface area contributed by atoms with Gasteiger partial charge in [-0.25, -0.2) is 9.97 Å². The van der Waals surface area contributed by atoms with Gasteiger partial charge in [0.1, 0.15) is 0 Å². The van der Waals surface area contributed by atoms with E-state index >= 15 is 0 Å². The van der Waals surface area contributed by atoms with Crippen LogP contribution in [0.15, 0.2) is 182 Å². The van der Waals surface area contributed by atoms with Crippen molar-refractivity contribution in [3.63, 3.8) is 0 Å². The molecule has 2 aromatic heterocycles. The van der Waals surface area contributed by atoms with Gasteiger partial charge in [0.25, 0.3) is 0 Å². The predicted molar refractivity (Wildman–Crippen MR) is 208 cm³/mol. The van der Waals surface area contributed by atoms with E-state index in [2.05, 4.69) is 170 Å². The molecule has 0 spiro atoms. The zero-order valence-corrected chi connectivity index (χ0v) is 27.4. The molecular weight excluding hydrogens is 613 g/mol. The number of hydrogen-bond donors (Lipinski definition) is 0. The highest BCUT2D eigenvalue weighted by Crippen LogP contribution is 2.43. The van der Waals surface area contributed by atoms with Crippen LogP contribution in [0, 0.1) is 0 Å². The van der Waals surface area contributed by atoms with E-state index in [1.165, 1.54) is 48.0 Å². The molecule has 0 saturated carbocycles. The monoisotopic (exact) mass is 642 g/mol. The lowest BCUT2D eigenvalue weighted by atomic mass is 9.87. The lowest BCUT2D eigenvalue weighted by Crippen LogP contribution is -1.96. The summed E-state index contributed by atoms with van der Waals surface area (Å²) in [7, 11) is 0. The molecule has 0 amide bonds. The average Bonchev–Trinajstić information content (AvgIpc) is 3.56. The number of benzene rings is 7. The third-order valence-electron chi connectivity index (χ3n) is 9.11. The van der Waals surface area contributed by atoms with Gasteiger partial charge in [0, 0.05) is 36.9 Å². The van der Waals surface area contributed by atoms with Crippen molar-refractivity contribution in [1.82, 2.24) is 9.97 Å². The summed E-state index contributed by atoms with van der Waals surface area (Å²) in [6, 6.07) is 64.5. The number of rotatable bonds is 6. The Labute approximate surface area is 289 Å². The van der Waals surface area contributed by atoms with Gasteiger partial charge in [-0.05, 0) is 63.7 Å². The fourth-order valence-corrected chi connectivity index (χ4v) is 7.85. The fourth-order valence-electron chi connectivity index (χ4n) is 6.76. The van der Waals surface area contributed by atoms with Gasteiger partial charge in [-0.3, -0.25) is 0 Å². The van der Waals surface area contributed by atoms with E-state index in [0.29, 0.717) is 5.82 Å². The molecule has 0 atom stereocenters. The Balaban J connectivity index is 1.22. The van der Waals surface area contributed by atoms with Gasteiger partial charge in [-0.1, -0.05) is 152 Å². The first kappa shape index (κ1) is 29.0. The zero-order valence-electron chi connectivity index (χ0n) is 26.6. The standard InChI is InChI=1S/C46H30N2S/c1-4-14-31(15-5-1)41-30-42(32-16-6-2-7-17-32)48-46(47-41)36-21-12-20-34(28-36)37-23-13-24-38(45(37)33-18-8-3-9-19-33)35-26-27-44-40(29-35)39-22-10-11-25-43(39)49-44/h1-30H. The van der Waals surface area contributed by atoms with E-state index < -0.39 is 0 Å². The summed E-state index contributed by atoms with van der Waals surface area (Å²) < 4.78 is 2.63. The molecule has 2 heterocycles. The van der Waals surface area contributed by atoms with Crippen LogP contribution in [0.1, 0.15) is 0 Å². The lowest BCUT2D eigenvalue weighted by molar-refractivity contribution is 1.18. The normalized spacial score (nSPS) is 11.3. The van der Waals surface area contributed by atoms with Crippen LogP contribution < -0.4 is 0 Å². The molecule has 3 heteroatoms. The quantitative estimate of drug-likeness (QED) is 0.180. The molecule has 2 nitrogen and oxygen atoms in total. The average molecular weight is 643 g/mol. The molecule has 9 rings (SSSR count). The summed E-state index contributed by atoms with van der Waals surface area (Å²) in [5.74, 6) is 0.703. The molecule has 0 aliphatic carbocycles. The summed E-state index contributed by atoms with van der Waals surface area (Å²) in [4.78, 5) is 10.2. The number of nitrogens with zero attached hydrogens (tertiary/aromatic N) is 2. The molecule has 0 aliphatic rings. The summed E-state index contributed by atoms with van der Waals surface area (Å²) in [6.07, 6.45) is 0. The molecular formula is C46H30N2S. The Kier molecular flexibility index (Phi) is 7.38. The maximum Gasteiger partial charge on any atom is 0.160 e. The second kappa shape index (κ2) is 12.5. The van der Waals surface area contributed by atoms with E-state index in [1.54, 1.807) is 0 Å². The summed E-state index contributed by atoms with van der Waals surface area (Å²) in [5, 5.41) is 2.61. The summed E-state index contributed by atoms with van der Waals surface area (Å²) >= 11 is 1.85. The second-order valence-corrected chi connectivity index (χ2v) is 13.3. The van der Waals surface area contributed by atoms with Crippen molar-refractivity contribution >= 4 is 31.5 Å². The Morgan fingerprint density at radius 1 is 0.327 bits per heavy atom. The third-order valence-corrected chi connectivity index (χ3v) is 10.3. The van der Waals surface area contributed by atoms with Crippen LogP contribution in [-0.2, 0) is 0 Å². The second-order valence-electron chi connectivity index (χ2n) is 12.2. The smallest absolute Gasteiger partial charge is 0.160 e. The van der Waals surface area contributed by atoms with Crippen LogP contribution in [-0.4, -0.2) is 9.97 Å². The molecule has 0 unspecified atom stereocenters. The van der Waals surface area contributed by atoms with Crippen LogP contribution in [0.5, 0.6) is 0 Å². The van der Waals surface area contributed by atoms with Crippen LogP contribution in [0.4, 0.5) is 0 Å². The topological polar surface area (TPSA) is 25.8 Å². The number of thiophene rings is 1. The Bertz CT molecular complexity index is 2530. The van der Waals surface area contributed by atoms with Crippen molar-refractivity contribution in [2.24, 2.45) is 0 Å². The summed E-state index contributed by atoms with van der Waals surface area (Å²) in [5.41, 5.74) is 12.0. The minimum atomic E-state index is 0.703.